The summed E-state index contributed by atoms with van der Waals surface area (Å²) < 4.78 is 5.85. The molecular weight excluding hydrogens is 364 g/mol. The first-order valence-corrected chi connectivity index (χ1v) is 10.8. The number of carbonyl (C=O) groups excluding carboxylic acids is 1. The smallest absolute Gasteiger partial charge is 0.233 e. The Balaban J connectivity index is 1.47. The summed E-state index contributed by atoms with van der Waals surface area (Å²) in [5.74, 6) is 1.72. The first-order valence-electron chi connectivity index (χ1n) is 10.8. The Labute approximate surface area is 173 Å². The number of nitrogens with zero attached hydrogens (tertiary/aromatic N) is 4. The second-order valence-corrected chi connectivity index (χ2v) is 9.07. The van der Waals surface area contributed by atoms with Gasteiger partial charge in [0.15, 0.2) is 0 Å². The minimum atomic E-state index is 0.0733. The van der Waals surface area contributed by atoms with Gasteiger partial charge in [0.05, 0.1) is 6.04 Å². The predicted molar refractivity (Wildman–Crippen MR) is 111 cm³/mol. The molecule has 1 aromatic heterocycles. The van der Waals surface area contributed by atoms with Crippen LogP contribution in [-0.4, -0.2) is 52.1 Å². The van der Waals surface area contributed by atoms with Crippen LogP contribution in [0.2, 0.25) is 0 Å². The molecule has 1 atom stereocenters. The normalized spacial score (nSPS) is 21.9. The zero-order valence-electron chi connectivity index (χ0n) is 17.8. The van der Waals surface area contributed by atoms with Crippen LogP contribution in [0.1, 0.15) is 56.5 Å². The molecule has 2 aliphatic rings. The highest BCUT2D eigenvalue weighted by Gasteiger charge is 2.48. The molecule has 2 aliphatic heterocycles. The summed E-state index contributed by atoms with van der Waals surface area (Å²) in [5, 5.41) is 8.43. The number of piperidine rings is 1. The highest BCUT2D eigenvalue weighted by atomic mass is 16.4. The molecule has 1 amide bonds. The minimum absolute atomic E-state index is 0.0733. The van der Waals surface area contributed by atoms with Gasteiger partial charge in [0.2, 0.25) is 17.7 Å². The molecule has 0 radical (unpaired) electrons. The maximum absolute atomic E-state index is 12.4. The van der Waals surface area contributed by atoms with Gasteiger partial charge in [0.25, 0.3) is 0 Å². The Hall–Kier alpha value is -2.21. The van der Waals surface area contributed by atoms with Gasteiger partial charge in [0.1, 0.15) is 0 Å². The number of amides is 1. The third-order valence-corrected chi connectivity index (χ3v) is 6.59. The van der Waals surface area contributed by atoms with Gasteiger partial charge in [-0.15, -0.1) is 10.2 Å². The van der Waals surface area contributed by atoms with Crippen LogP contribution in [0.4, 0.5) is 0 Å². The van der Waals surface area contributed by atoms with E-state index in [1.165, 1.54) is 5.56 Å². The van der Waals surface area contributed by atoms with Gasteiger partial charge < -0.3 is 9.32 Å². The topological polar surface area (TPSA) is 62.5 Å². The third kappa shape index (κ3) is 4.37. The summed E-state index contributed by atoms with van der Waals surface area (Å²) in [4.78, 5) is 17.0. The molecule has 0 N–H and O–H groups in total. The summed E-state index contributed by atoms with van der Waals surface area (Å²) in [6.45, 7) is 9.56. The number of aryl methyl sites for hydroxylation is 1. The molecule has 156 valence electrons. The molecule has 4 rings (SSSR count). The van der Waals surface area contributed by atoms with Crippen molar-refractivity contribution in [3.63, 3.8) is 0 Å². The average molecular weight is 397 g/mol. The van der Waals surface area contributed by atoms with Crippen molar-refractivity contribution in [2.24, 2.45) is 11.3 Å². The van der Waals surface area contributed by atoms with Crippen LogP contribution in [0.5, 0.6) is 0 Å². The van der Waals surface area contributed by atoms with Crippen LogP contribution >= 0.6 is 0 Å². The van der Waals surface area contributed by atoms with Gasteiger partial charge in [-0.3, -0.25) is 9.69 Å². The van der Waals surface area contributed by atoms with Crippen molar-refractivity contribution < 1.29 is 9.21 Å². The van der Waals surface area contributed by atoms with Crippen LogP contribution in [0.3, 0.4) is 0 Å². The number of hydrogen-bond donors (Lipinski definition) is 0. The molecule has 3 heterocycles. The zero-order chi connectivity index (χ0) is 20.4. The SMILES string of the molecule is Cc1nnc(C2CC3(CCN(C(=O)C(C)C)CC3)CN2CCc2ccccc2)o1. The summed E-state index contributed by atoms with van der Waals surface area (Å²) >= 11 is 0. The number of rotatable bonds is 5. The maximum Gasteiger partial charge on any atom is 0.233 e. The number of carbonyl (C=O) groups is 1. The Kier molecular flexibility index (Phi) is 5.72. The Morgan fingerprint density at radius 1 is 1.21 bits per heavy atom. The first-order chi connectivity index (χ1) is 14.0. The highest BCUT2D eigenvalue weighted by Crippen LogP contribution is 2.48. The largest absolute Gasteiger partial charge is 0.424 e. The monoisotopic (exact) mass is 396 g/mol. The summed E-state index contributed by atoms with van der Waals surface area (Å²) in [5.41, 5.74) is 1.59. The van der Waals surface area contributed by atoms with Crippen molar-refractivity contribution in [2.75, 3.05) is 26.2 Å². The molecule has 6 nitrogen and oxygen atoms in total. The first kappa shape index (κ1) is 20.1. The van der Waals surface area contributed by atoms with Crippen LogP contribution in [-0.2, 0) is 11.2 Å². The van der Waals surface area contributed by atoms with Crippen LogP contribution in [0.25, 0.3) is 0 Å². The lowest BCUT2D eigenvalue weighted by Crippen LogP contribution is -2.45. The fourth-order valence-electron chi connectivity index (χ4n) is 4.92. The van der Waals surface area contributed by atoms with E-state index in [0.717, 1.165) is 57.8 Å². The van der Waals surface area contributed by atoms with Gasteiger partial charge in [0, 0.05) is 39.0 Å². The van der Waals surface area contributed by atoms with Crippen LogP contribution < -0.4 is 0 Å². The predicted octanol–water partition coefficient (Wildman–Crippen LogP) is 3.63. The van der Waals surface area contributed by atoms with E-state index >= 15 is 0 Å². The number of hydrogen-bond acceptors (Lipinski definition) is 5. The molecule has 6 heteroatoms. The fraction of sp³-hybridized carbons (Fsp3) is 0.609. The summed E-state index contributed by atoms with van der Waals surface area (Å²) in [7, 11) is 0. The van der Waals surface area contributed by atoms with Crippen molar-refractivity contribution >= 4 is 5.91 Å². The molecule has 1 aromatic carbocycles. The Morgan fingerprint density at radius 3 is 2.55 bits per heavy atom. The molecule has 1 spiro atoms. The number of benzene rings is 1. The van der Waals surface area contributed by atoms with Crippen molar-refractivity contribution in [2.45, 2.75) is 52.5 Å². The third-order valence-electron chi connectivity index (χ3n) is 6.59. The molecule has 2 fully saturated rings. The summed E-state index contributed by atoms with van der Waals surface area (Å²) in [6, 6.07) is 10.8. The minimum Gasteiger partial charge on any atom is -0.424 e. The number of aromatic nitrogens is 2. The molecule has 29 heavy (non-hydrogen) atoms. The fourth-order valence-corrected chi connectivity index (χ4v) is 4.92. The molecular formula is C23H32N4O2. The molecule has 0 aliphatic carbocycles. The van der Waals surface area contributed by atoms with Gasteiger partial charge in [-0.05, 0) is 36.7 Å². The van der Waals surface area contributed by atoms with E-state index in [2.05, 4.69) is 45.4 Å². The molecule has 0 saturated carbocycles. The molecule has 2 aromatic rings. The maximum atomic E-state index is 12.4. The number of likely N-dealkylation sites (tertiary alicyclic amines) is 2. The van der Waals surface area contributed by atoms with Crippen molar-refractivity contribution in [1.29, 1.82) is 0 Å². The van der Waals surface area contributed by atoms with E-state index in [0.29, 0.717) is 5.89 Å². The second kappa shape index (κ2) is 8.27. The Morgan fingerprint density at radius 2 is 1.93 bits per heavy atom. The van der Waals surface area contributed by atoms with E-state index in [4.69, 9.17) is 4.42 Å². The second-order valence-electron chi connectivity index (χ2n) is 9.07. The molecule has 2 saturated heterocycles. The Bertz CT molecular complexity index is 824. The lowest BCUT2D eigenvalue weighted by molar-refractivity contribution is -0.136. The lowest BCUT2D eigenvalue weighted by Gasteiger charge is -2.40. The van der Waals surface area contributed by atoms with Gasteiger partial charge in [-0.2, -0.15) is 0 Å². The average Bonchev–Trinajstić information content (AvgIpc) is 3.31. The van der Waals surface area contributed by atoms with E-state index in [-0.39, 0.29) is 23.3 Å². The van der Waals surface area contributed by atoms with E-state index in [1.807, 2.05) is 25.7 Å². The van der Waals surface area contributed by atoms with E-state index in [1.54, 1.807) is 0 Å². The lowest BCUT2D eigenvalue weighted by atomic mass is 9.76. The molecule has 1 unspecified atom stereocenters. The van der Waals surface area contributed by atoms with Crippen LogP contribution in [0, 0.1) is 18.3 Å². The molecule has 0 bridgehead atoms. The standard InChI is InChI=1S/C23H32N4O2/c1-17(2)22(28)26-13-10-23(11-14-26)15-20(21-25-24-18(3)29-21)27(16-23)12-9-19-7-5-4-6-8-19/h4-8,17,20H,9-16H2,1-3H3. The van der Waals surface area contributed by atoms with E-state index < -0.39 is 0 Å². The summed E-state index contributed by atoms with van der Waals surface area (Å²) in [6.07, 6.45) is 4.15. The van der Waals surface area contributed by atoms with Crippen molar-refractivity contribution in [3.8, 4) is 0 Å². The van der Waals surface area contributed by atoms with Gasteiger partial charge in [-0.25, -0.2) is 0 Å². The van der Waals surface area contributed by atoms with E-state index in [9.17, 15) is 4.79 Å². The van der Waals surface area contributed by atoms with Gasteiger partial charge in [-0.1, -0.05) is 44.2 Å². The highest BCUT2D eigenvalue weighted by molar-refractivity contribution is 5.78. The van der Waals surface area contributed by atoms with Crippen molar-refractivity contribution in [1.82, 2.24) is 20.0 Å². The zero-order valence-corrected chi connectivity index (χ0v) is 17.8. The van der Waals surface area contributed by atoms with Crippen molar-refractivity contribution in [3.05, 3.63) is 47.7 Å². The van der Waals surface area contributed by atoms with Gasteiger partial charge >= 0.3 is 0 Å². The quantitative estimate of drug-likeness (QED) is 0.772. The van der Waals surface area contributed by atoms with Crippen LogP contribution in [0.15, 0.2) is 34.7 Å².